The Morgan fingerprint density at radius 2 is 1.05 bits per heavy atom. The van der Waals surface area contributed by atoms with Crippen LogP contribution in [-0.2, 0) is 33.7 Å². The fourth-order valence-corrected chi connectivity index (χ4v) is 5.88. The third kappa shape index (κ3) is 17.0. The van der Waals surface area contributed by atoms with Crippen LogP contribution in [0.4, 0.5) is 10.5 Å². The molecule has 60 heavy (non-hydrogen) atoms. The van der Waals surface area contributed by atoms with Gasteiger partial charge in [0.15, 0.2) is 0 Å². The van der Waals surface area contributed by atoms with Crippen molar-refractivity contribution in [1.29, 1.82) is 0 Å². The van der Waals surface area contributed by atoms with Crippen LogP contribution in [0.1, 0.15) is 32.1 Å². The number of aromatic nitrogens is 6. The average molecular weight is 916 g/mol. The number of halogens is 1. The molecule has 14 heteroatoms. The van der Waals surface area contributed by atoms with Crippen molar-refractivity contribution < 1.29 is 38.5 Å². The van der Waals surface area contributed by atoms with Crippen LogP contribution < -0.4 is 10.6 Å². The van der Waals surface area contributed by atoms with Crippen molar-refractivity contribution in [1.82, 2.24) is 35.2 Å². The molecular formula is C46H51ClN8O4Ru. The largest absolute Gasteiger partial charge is 0.449 e. The Morgan fingerprint density at radius 1 is 0.517 bits per heavy atom. The number of alkyl halides is 1. The molecule has 7 rings (SSSR count). The molecule has 0 aliphatic heterocycles. The van der Waals surface area contributed by atoms with E-state index < -0.39 is 6.09 Å². The topological polar surface area (TPSA) is 146 Å². The molecule has 7 aromatic rings. The van der Waals surface area contributed by atoms with E-state index >= 15 is 0 Å². The number of alkyl carbamates (subject to hydrolysis) is 1. The van der Waals surface area contributed by atoms with E-state index in [0.717, 1.165) is 88.4 Å². The van der Waals surface area contributed by atoms with Gasteiger partial charge in [-0.05, 0) is 92.1 Å². The Kier molecular flexibility index (Phi) is 22.7. The third-order valence-electron chi connectivity index (χ3n) is 8.58. The number of carbonyl (C=O) groups is 1. The molecule has 6 heterocycles. The first-order valence-corrected chi connectivity index (χ1v) is 20.4. The first-order valence-electron chi connectivity index (χ1n) is 19.9. The Balaban J connectivity index is 0.000000255. The zero-order chi connectivity index (χ0) is 41.0. The van der Waals surface area contributed by atoms with Crippen molar-refractivity contribution in [3.8, 4) is 22.8 Å². The molecule has 0 fully saturated rings. The molecule has 0 unspecified atom stereocenters. The summed E-state index contributed by atoms with van der Waals surface area (Å²) in [5.41, 5.74) is 6.41. The fraction of sp³-hybridized carbons (Fsp3) is 0.283. The Hall–Kier alpha value is -5.46. The molecule has 0 saturated heterocycles. The Morgan fingerprint density at radius 3 is 1.62 bits per heavy atom. The minimum absolute atomic E-state index is 0. The number of nitrogens with one attached hydrogen (secondary N) is 2. The number of carbonyl (C=O) groups excluding carboxylic acids is 1. The van der Waals surface area contributed by atoms with Crippen LogP contribution in [0, 0.1) is 0 Å². The summed E-state index contributed by atoms with van der Waals surface area (Å²) < 4.78 is 16.2. The predicted molar refractivity (Wildman–Crippen MR) is 235 cm³/mol. The first-order chi connectivity index (χ1) is 29.2. The normalized spacial score (nSPS) is 10.3. The van der Waals surface area contributed by atoms with E-state index in [1.807, 2.05) is 97.1 Å². The summed E-state index contributed by atoms with van der Waals surface area (Å²) in [6.07, 6.45) is 15.3. The molecule has 0 atom stereocenters. The molecule has 2 N–H and O–H groups in total. The standard InChI is InChI=1S/C26H35ClN4O4.2C10H8N2.Ru/c27-10-3-1-2-4-15-33-18-19-34-17-14-31-26(32)35-16-7-13-28-23-20-21-8-5-11-29-24(21)25-22(23)9-6-12-30-25;2*1-3-7-11-9(5-1)10-6-2-4-8-12-10;/h5-6,8-9,11-12,20,28H,1-4,7,10,13-19H2,(H,31,32);2*1-8H;. The van der Waals surface area contributed by atoms with Crippen molar-refractivity contribution in [2.75, 3.05) is 57.3 Å². The summed E-state index contributed by atoms with van der Waals surface area (Å²) in [5, 5.41) is 8.17. The molecule has 6 aromatic heterocycles. The second kappa shape index (κ2) is 28.9. The van der Waals surface area contributed by atoms with E-state index in [4.69, 9.17) is 25.8 Å². The third-order valence-corrected chi connectivity index (χ3v) is 8.84. The SMILES string of the molecule is O=C(NCCOCCOCCCCCCCl)OCCCNc1cc2cccnc2c2ncccc12.[Ru].c1ccc(-c2ccccn2)nc1.c1ccc(-c2ccccn2)nc1. The summed E-state index contributed by atoms with van der Waals surface area (Å²) in [6.45, 7) is 3.64. The minimum atomic E-state index is -0.437. The van der Waals surface area contributed by atoms with E-state index in [2.05, 4.69) is 46.6 Å². The van der Waals surface area contributed by atoms with Gasteiger partial charge in [0.25, 0.3) is 0 Å². The van der Waals surface area contributed by atoms with Gasteiger partial charge >= 0.3 is 6.09 Å². The maximum Gasteiger partial charge on any atom is 0.407 e. The van der Waals surface area contributed by atoms with E-state index in [0.29, 0.717) is 45.9 Å². The van der Waals surface area contributed by atoms with Gasteiger partial charge in [0.1, 0.15) is 0 Å². The average Bonchev–Trinajstić information content (AvgIpc) is 3.31. The van der Waals surface area contributed by atoms with Gasteiger partial charge in [-0.3, -0.25) is 29.9 Å². The number of hydrogen-bond acceptors (Lipinski definition) is 11. The summed E-state index contributed by atoms with van der Waals surface area (Å²) in [6, 6.07) is 33.2. The number of nitrogens with zero attached hydrogens (tertiary/aromatic N) is 6. The minimum Gasteiger partial charge on any atom is -0.449 e. The molecule has 0 bridgehead atoms. The number of rotatable bonds is 19. The van der Waals surface area contributed by atoms with Crippen LogP contribution in [-0.4, -0.2) is 88.0 Å². The zero-order valence-electron chi connectivity index (χ0n) is 33.5. The van der Waals surface area contributed by atoms with Crippen molar-refractivity contribution >= 4 is 45.2 Å². The van der Waals surface area contributed by atoms with Gasteiger partial charge in [0, 0.05) is 98.7 Å². The van der Waals surface area contributed by atoms with Crippen molar-refractivity contribution in [2.24, 2.45) is 0 Å². The summed E-state index contributed by atoms with van der Waals surface area (Å²) in [5.74, 6) is 0.730. The van der Waals surface area contributed by atoms with E-state index in [-0.39, 0.29) is 19.5 Å². The number of ether oxygens (including phenoxy) is 3. The second-order valence-corrected chi connectivity index (χ2v) is 13.3. The predicted octanol–water partition coefficient (Wildman–Crippen LogP) is 9.43. The summed E-state index contributed by atoms with van der Waals surface area (Å²) in [7, 11) is 0. The molecule has 1 amide bonds. The van der Waals surface area contributed by atoms with Crippen LogP contribution in [0.15, 0.2) is 140 Å². The van der Waals surface area contributed by atoms with Crippen LogP contribution in [0.25, 0.3) is 44.6 Å². The van der Waals surface area contributed by atoms with Crippen molar-refractivity contribution in [3.63, 3.8) is 0 Å². The second-order valence-electron chi connectivity index (χ2n) is 12.9. The molecule has 0 aliphatic rings. The van der Waals surface area contributed by atoms with Crippen LogP contribution in [0.2, 0.25) is 0 Å². The molecule has 314 valence electrons. The van der Waals surface area contributed by atoms with Crippen molar-refractivity contribution in [2.45, 2.75) is 32.1 Å². The number of unbranched alkanes of at least 4 members (excludes halogenated alkanes) is 3. The van der Waals surface area contributed by atoms with Crippen LogP contribution in [0.5, 0.6) is 0 Å². The Labute approximate surface area is 369 Å². The molecule has 0 radical (unpaired) electrons. The van der Waals surface area contributed by atoms with Gasteiger partial charge < -0.3 is 24.8 Å². The monoisotopic (exact) mass is 916 g/mol. The molecule has 0 saturated carbocycles. The van der Waals surface area contributed by atoms with Gasteiger partial charge in [-0.15, -0.1) is 11.6 Å². The van der Waals surface area contributed by atoms with Crippen LogP contribution in [0.3, 0.4) is 0 Å². The number of hydrogen-bond donors (Lipinski definition) is 2. The number of pyridine rings is 6. The quantitative estimate of drug-likeness (QED) is 0.0346. The van der Waals surface area contributed by atoms with Gasteiger partial charge in [-0.2, -0.15) is 0 Å². The maximum atomic E-state index is 11.8. The number of benzene rings is 1. The van der Waals surface area contributed by atoms with Crippen LogP contribution >= 0.6 is 11.6 Å². The van der Waals surface area contributed by atoms with E-state index in [1.54, 1.807) is 37.2 Å². The fourth-order valence-electron chi connectivity index (χ4n) is 5.69. The van der Waals surface area contributed by atoms with Gasteiger partial charge in [-0.25, -0.2) is 4.79 Å². The molecule has 0 aliphatic carbocycles. The van der Waals surface area contributed by atoms with Gasteiger partial charge in [-0.1, -0.05) is 43.2 Å². The van der Waals surface area contributed by atoms with E-state index in [1.165, 1.54) is 0 Å². The first kappa shape index (κ1) is 47.2. The summed E-state index contributed by atoms with van der Waals surface area (Å²) >= 11 is 5.65. The van der Waals surface area contributed by atoms with E-state index in [9.17, 15) is 4.79 Å². The zero-order valence-corrected chi connectivity index (χ0v) is 36.0. The molecule has 1 aromatic carbocycles. The van der Waals surface area contributed by atoms with Gasteiger partial charge in [0.05, 0.1) is 60.2 Å². The summed E-state index contributed by atoms with van der Waals surface area (Å²) in [4.78, 5) is 37.5. The number of anilines is 1. The number of fused-ring (bicyclic) bond motifs is 3. The molecule has 0 spiro atoms. The van der Waals surface area contributed by atoms with Gasteiger partial charge in [0.2, 0.25) is 0 Å². The smallest absolute Gasteiger partial charge is 0.407 e. The Bertz CT molecular complexity index is 2050. The van der Waals surface area contributed by atoms with Crippen molar-refractivity contribution in [3.05, 3.63) is 140 Å². The molecular weight excluding hydrogens is 865 g/mol. The maximum absolute atomic E-state index is 11.8. The molecule has 12 nitrogen and oxygen atoms in total. The number of amides is 1.